The van der Waals surface area contributed by atoms with Gasteiger partial charge in [-0.2, -0.15) is 0 Å². The van der Waals surface area contributed by atoms with Gasteiger partial charge in [0, 0.05) is 17.6 Å². The van der Waals surface area contributed by atoms with Gasteiger partial charge in [0.2, 0.25) is 0 Å². The number of hydrogen-bond acceptors (Lipinski definition) is 3. The van der Waals surface area contributed by atoms with E-state index in [9.17, 15) is 4.79 Å². The van der Waals surface area contributed by atoms with Gasteiger partial charge in [-0.05, 0) is 62.9 Å². The van der Waals surface area contributed by atoms with Crippen molar-refractivity contribution in [1.29, 1.82) is 0 Å². The molecule has 1 aromatic rings. The first-order valence-corrected chi connectivity index (χ1v) is 8.84. The van der Waals surface area contributed by atoms with Crippen LogP contribution in [0.5, 0.6) is 5.75 Å². The zero-order valence-electron chi connectivity index (χ0n) is 13.3. The van der Waals surface area contributed by atoms with E-state index in [1.54, 1.807) is 0 Å². The molecule has 0 saturated carbocycles. The van der Waals surface area contributed by atoms with E-state index in [0.717, 1.165) is 61.1 Å². The number of carbonyl (C=O) groups excluding carboxylic acids is 1. The zero-order valence-corrected chi connectivity index (χ0v) is 15.7. The summed E-state index contributed by atoms with van der Waals surface area (Å²) in [6, 6.07) is 7.63. The Morgan fingerprint density at radius 2 is 1.96 bits per heavy atom. The van der Waals surface area contributed by atoms with Crippen LogP contribution in [0.2, 0.25) is 0 Å². The normalized spacial score (nSPS) is 25.0. The summed E-state index contributed by atoms with van der Waals surface area (Å²) < 4.78 is 6.77. The van der Waals surface area contributed by atoms with E-state index in [1.807, 2.05) is 36.1 Å². The molecule has 0 radical (unpaired) electrons. The Balaban J connectivity index is 0.00000192. The molecule has 3 atom stereocenters. The monoisotopic (exact) mass is 402 g/mol. The summed E-state index contributed by atoms with van der Waals surface area (Å²) in [5, 5.41) is 3.46. The lowest BCUT2D eigenvalue weighted by molar-refractivity contribution is -0.137. The van der Waals surface area contributed by atoms with Crippen molar-refractivity contribution < 1.29 is 9.53 Å². The van der Waals surface area contributed by atoms with E-state index in [4.69, 9.17) is 4.74 Å². The number of carbonyl (C=O) groups is 1. The molecular weight excluding hydrogens is 380 g/mol. The second kappa shape index (κ2) is 8.36. The number of nitrogens with one attached hydrogen (secondary N) is 1. The minimum Gasteiger partial charge on any atom is -0.481 e. The summed E-state index contributed by atoms with van der Waals surface area (Å²) in [5.41, 5.74) is 0. The Hall–Kier alpha value is -0.780. The highest BCUT2D eigenvalue weighted by Gasteiger charge is 2.32. The van der Waals surface area contributed by atoms with Crippen LogP contribution in [0.1, 0.15) is 19.8 Å². The highest BCUT2D eigenvalue weighted by molar-refractivity contribution is 9.10. The number of halogens is 2. The molecule has 0 bridgehead atoms. The van der Waals surface area contributed by atoms with E-state index >= 15 is 0 Å². The molecule has 2 heterocycles. The van der Waals surface area contributed by atoms with E-state index in [0.29, 0.717) is 0 Å². The van der Waals surface area contributed by atoms with Crippen molar-refractivity contribution in [3.63, 3.8) is 0 Å². The first kappa shape index (κ1) is 18.6. The van der Waals surface area contributed by atoms with Crippen LogP contribution in [0.15, 0.2) is 28.7 Å². The van der Waals surface area contributed by atoms with Gasteiger partial charge < -0.3 is 15.0 Å². The Bertz CT molecular complexity index is 529. The van der Waals surface area contributed by atoms with Crippen LogP contribution >= 0.6 is 28.3 Å². The number of likely N-dealkylation sites (tertiary alicyclic amines) is 1. The molecule has 1 unspecified atom stereocenters. The van der Waals surface area contributed by atoms with Crippen molar-refractivity contribution in [3.8, 4) is 5.75 Å². The maximum atomic E-state index is 12.6. The van der Waals surface area contributed by atoms with Crippen LogP contribution < -0.4 is 10.1 Å². The Labute approximate surface area is 152 Å². The van der Waals surface area contributed by atoms with E-state index in [2.05, 4.69) is 21.2 Å². The number of fused-ring (bicyclic) bond motifs is 1. The van der Waals surface area contributed by atoms with Crippen molar-refractivity contribution >= 4 is 34.2 Å². The van der Waals surface area contributed by atoms with Crippen LogP contribution in [-0.2, 0) is 4.79 Å². The molecular formula is C17H24BrClN2O2. The van der Waals surface area contributed by atoms with E-state index < -0.39 is 6.10 Å². The first-order chi connectivity index (χ1) is 10.6. The van der Waals surface area contributed by atoms with Crippen molar-refractivity contribution in [2.24, 2.45) is 11.8 Å². The largest absolute Gasteiger partial charge is 0.481 e. The molecule has 2 fully saturated rings. The quantitative estimate of drug-likeness (QED) is 0.843. The number of ether oxygens (including phenoxy) is 1. The van der Waals surface area contributed by atoms with Crippen molar-refractivity contribution in [1.82, 2.24) is 10.2 Å². The summed E-state index contributed by atoms with van der Waals surface area (Å²) in [6.07, 6.45) is 1.77. The van der Waals surface area contributed by atoms with Crippen molar-refractivity contribution in [2.75, 3.05) is 26.2 Å². The fourth-order valence-corrected chi connectivity index (χ4v) is 3.87. The van der Waals surface area contributed by atoms with Crippen molar-refractivity contribution in [3.05, 3.63) is 28.7 Å². The minimum atomic E-state index is -0.439. The average Bonchev–Trinajstić information content (AvgIpc) is 2.85. The summed E-state index contributed by atoms with van der Waals surface area (Å²) >= 11 is 3.42. The average molecular weight is 404 g/mol. The lowest BCUT2D eigenvalue weighted by Gasteiger charge is -2.25. The SMILES string of the molecule is CC(Oc1cccc(Br)c1)C(=O)N1CC[C@@H]2CNC[C@@H]2CC1.Cl. The van der Waals surface area contributed by atoms with Gasteiger partial charge in [0.1, 0.15) is 5.75 Å². The zero-order chi connectivity index (χ0) is 15.5. The van der Waals surface area contributed by atoms with E-state index in [-0.39, 0.29) is 18.3 Å². The van der Waals surface area contributed by atoms with Gasteiger partial charge in [-0.25, -0.2) is 0 Å². The summed E-state index contributed by atoms with van der Waals surface area (Å²) in [7, 11) is 0. The topological polar surface area (TPSA) is 41.6 Å². The van der Waals surface area contributed by atoms with Gasteiger partial charge in [0.15, 0.2) is 6.10 Å². The van der Waals surface area contributed by atoms with Gasteiger partial charge in [-0.3, -0.25) is 4.79 Å². The highest BCUT2D eigenvalue weighted by atomic mass is 79.9. The Morgan fingerprint density at radius 3 is 2.57 bits per heavy atom. The maximum absolute atomic E-state index is 12.6. The standard InChI is InChI=1S/C17H23BrN2O2.ClH/c1-12(22-16-4-2-3-15(18)9-16)17(21)20-7-5-13-10-19-11-14(13)6-8-20;/h2-4,9,12-14,19H,5-8,10-11H2,1H3;1H/t12?,13-,14+;. The summed E-state index contributed by atoms with van der Waals surface area (Å²) in [6.45, 7) is 5.77. The second-order valence-electron chi connectivity index (χ2n) is 6.30. The molecule has 1 amide bonds. The smallest absolute Gasteiger partial charge is 0.263 e. The number of rotatable bonds is 3. The molecule has 2 aliphatic heterocycles. The fourth-order valence-electron chi connectivity index (χ4n) is 3.49. The molecule has 1 aromatic carbocycles. The molecule has 128 valence electrons. The van der Waals surface area contributed by atoms with Crippen LogP contribution in [0, 0.1) is 11.8 Å². The third-order valence-electron chi connectivity index (χ3n) is 4.79. The van der Waals surface area contributed by atoms with Crippen molar-refractivity contribution in [2.45, 2.75) is 25.9 Å². The predicted octanol–water partition coefficient (Wildman–Crippen LogP) is 3.10. The van der Waals surface area contributed by atoms with Crippen LogP contribution in [0.4, 0.5) is 0 Å². The molecule has 3 rings (SSSR count). The maximum Gasteiger partial charge on any atom is 0.263 e. The van der Waals surface area contributed by atoms with E-state index in [1.165, 1.54) is 0 Å². The van der Waals surface area contributed by atoms with Gasteiger partial charge in [-0.15, -0.1) is 12.4 Å². The third kappa shape index (κ3) is 4.61. The number of hydrogen-bond donors (Lipinski definition) is 1. The van der Waals surface area contributed by atoms with Gasteiger partial charge in [0.25, 0.3) is 5.91 Å². The first-order valence-electron chi connectivity index (χ1n) is 8.05. The fraction of sp³-hybridized carbons (Fsp3) is 0.588. The molecule has 2 saturated heterocycles. The van der Waals surface area contributed by atoms with Gasteiger partial charge in [0.05, 0.1) is 0 Å². The molecule has 0 spiro atoms. The highest BCUT2D eigenvalue weighted by Crippen LogP contribution is 2.27. The Morgan fingerprint density at radius 1 is 1.30 bits per heavy atom. The van der Waals surface area contributed by atoms with Gasteiger partial charge in [-0.1, -0.05) is 22.0 Å². The molecule has 0 aromatic heterocycles. The third-order valence-corrected chi connectivity index (χ3v) is 5.28. The van der Waals surface area contributed by atoms with Crippen LogP contribution in [-0.4, -0.2) is 43.1 Å². The predicted molar refractivity (Wildman–Crippen MR) is 97.1 cm³/mol. The lowest BCUT2D eigenvalue weighted by atomic mass is 9.92. The molecule has 6 heteroatoms. The molecule has 23 heavy (non-hydrogen) atoms. The van der Waals surface area contributed by atoms with Gasteiger partial charge >= 0.3 is 0 Å². The number of amides is 1. The number of nitrogens with zero attached hydrogens (tertiary/aromatic N) is 1. The molecule has 0 aliphatic carbocycles. The molecule has 4 nitrogen and oxygen atoms in total. The van der Waals surface area contributed by atoms with Crippen LogP contribution in [0.25, 0.3) is 0 Å². The summed E-state index contributed by atoms with van der Waals surface area (Å²) in [4.78, 5) is 14.6. The lowest BCUT2D eigenvalue weighted by Crippen LogP contribution is -2.41. The number of benzene rings is 1. The molecule has 2 aliphatic rings. The minimum absolute atomic E-state index is 0. The summed E-state index contributed by atoms with van der Waals surface area (Å²) in [5.74, 6) is 2.30. The van der Waals surface area contributed by atoms with Crippen LogP contribution in [0.3, 0.4) is 0 Å². The Kier molecular flexibility index (Phi) is 6.74. The second-order valence-corrected chi connectivity index (χ2v) is 7.21. The molecule has 1 N–H and O–H groups in total.